The zero-order chi connectivity index (χ0) is 12.3. The molecule has 5 heteroatoms. The minimum Gasteiger partial charge on any atom is -0.346 e. The number of nitrogen functional groups attached to an aromatic ring is 1. The first-order valence-electron chi connectivity index (χ1n) is 5.88. The van der Waals surface area contributed by atoms with Crippen molar-refractivity contribution in [3.63, 3.8) is 0 Å². The molecule has 4 N–H and O–H groups in total. The SMILES string of the molecule is CC1(NC(=O)c2ccc(NN)cn2)CCCC1. The number of rotatable bonds is 3. The second-order valence-corrected chi connectivity index (χ2v) is 4.80. The highest BCUT2D eigenvalue weighted by molar-refractivity contribution is 5.93. The molecule has 1 aliphatic carbocycles. The predicted octanol–water partition coefficient (Wildman–Crippen LogP) is 1.43. The Morgan fingerprint density at radius 3 is 2.65 bits per heavy atom. The van der Waals surface area contributed by atoms with Crippen LogP contribution in [0.3, 0.4) is 0 Å². The van der Waals surface area contributed by atoms with Gasteiger partial charge in [0, 0.05) is 5.54 Å². The van der Waals surface area contributed by atoms with Gasteiger partial charge in [0.25, 0.3) is 5.91 Å². The van der Waals surface area contributed by atoms with E-state index in [1.807, 2.05) is 0 Å². The van der Waals surface area contributed by atoms with Crippen LogP contribution in [0, 0.1) is 0 Å². The Bertz CT molecular complexity index is 395. The van der Waals surface area contributed by atoms with E-state index in [0.717, 1.165) is 12.8 Å². The van der Waals surface area contributed by atoms with Crippen LogP contribution in [0.2, 0.25) is 0 Å². The lowest BCUT2D eigenvalue weighted by atomic mass is 10.0. The topological polar surface area (TPSA) is 80.0 Å². The molecule has 0 unspecified atom stereocenters. The van der Waals surface area contributed by atoms with Gasteiger partial charge in [0.05, 0.1) is 11.9 Å². The molecule has 92 valence electrons. The van der Waals surface area contributed by atoms with E-state index in [9.17, 15) is 4.79 Å². The van der Waals surface area contributed by atoms with Gasteiger partial charge in [0.2, 0.25) is 0 Å². The fraction of sp³-hybridized carbons (Fsp3) is 0.500. The molecule has 1 aromatic heterocycles. The molecule has 1 aliphatic rings. The van der Waals surface area contributed by atoms with Crippen LogP contribution in [0.15, 0.2) is 18.3 Å². The molecule has 5 nitrogen and oxygen atoms in total. The van der Waals surface area contributed by atoms with E-state index < -0.39 is 0 Å². The zero-order valence-electron chi connectivity index (χ0n) is 9.99. The van der Waals surface area contributed by atoms with Crippen molar-refractivity contribution in [3.05, 3.63) is 24.0 Å². The van der Waals surface area contributed by atoms with Crippen molar-refractivity contribution in [1.82, 2.24) is 10.3 Å². The van der Waals surface area contributed by atoms with Gasteiger partial charge in [-0.05, 0) is 31.9 Å². The van der Waals surface area contributed by atoms with Crippen molar-refractivity contribution < 1.29 is 4.79 Å². The largest absolute Gasteiger partial charge is 0.346 e. The Labute approximate surface area is 101 Å². The van der Waals surface area contributed by atoms with Gasteiger partial charge in [0.1, 0.15) is 5.69 Å². The fourth-order valence-electron chi connectivity index (χ4n) is 2.23. The van der Waals surface area contributed by atoms with Gasteiger partial charge in [-0.25, -0.2) is 4.98 Å². The lowest BCUT2D eigenvalue weighted by molar-refractivity contribution is 0.0903. The van der Waals surface area contributed by atoms with Gasteiger partial charge in [-0.15, -0.1) is 0 Å². The van der Waals surface area contributed by atoms with E-state index in [-0.39, 0.29) is 11.4 Å². The number of hydrogen-bond acceptors (Lipinski definition) is 4. The van der Waals surface area contributed by atoms with E-state index in [2.05, 4.69) is 22.7 Å². The number of nitrogens with two attached hydrogens (primary N) is 1. The summed E-state index contributed by atoms with van der Waals surface area (Å²) >= 11 is 0. The Morgan fingerprint density at radius 2 is 2.12 bits per heavy atom. The van der Waals surface area contributed by atoms with Crippen LogP contribution in [0.1, 0.15) is 43.1 Å². The summed E-state index contributed by atoms with van der Waals surface area (Å²) in [5.74, 6) is 5.13. The number of aromatic nitrogens is 1. The number of carbonyl (C=O) groups excluding carboxylic acids is 1. The van der Waals surface area contributed by atoms with E-state index in [0.29, 0.717) is 11.4 Å². The molecule has 1 fully saturated rings. The first-order chi connectivity index (χ1) is 8.13. The monoisotopic (exact) mass is 234 g/mol. The maximum Gasteiger partial charge on any atom is 0.270 e. The van der Waals surface area contributed by atoms with Crippen molar-refractivity contribution in [2.45, 2.75) is 38.1 Å². The summed E-state index contributed by atoms with van der Waals surface area (Å²) < 4.78 is 0. The van der Waals surface area contributed by atoms with E-state index >= 15 is 0 Å². The van der Waals surface area contributed by atoms with Crippen molar-refractivity contribution in [3.8, 4) is 0 Å². The summed E-state index contributed by atoms with van der Waals surface area (Å²) in [6.45, 7) is 2.09. The molecular weight excluding hydrogens is 216 g/mol. The molecule has 1 amide bonds. The third kappa shape index (κ3) is 2.74. The Hall–Kier alpha value is -1.62. The van der Waals surface area contributed by atoms with Gasteiger partial charge in [-0.2, -0.15) is 0 Å². The zero-order valence-corrected chi connectivity index (χ0v) is 9.99. The van der Waals surface area contributed by atoms with E-state index in [4.69, 9.17) is 5.84 Å². The second-order valence-electron chi connectivity index (χ2n) is 4.80. The minimum atomic E-state index is -0.113. The number of hydrazine groups is 1. The van der Waals surface area contributed by atoms with Crippen LogP contribution >= 0.6 is 0 Å². The smallest absolute Gasteiger partial charge is 0.270 e. The second kappa shape index (κ2) is 4.71. The minimum absolute atomic E-state index is 0.0659. The third-order valence-electron chi connectivity index (χ3n) is 3.29. The molecule has 1 aromatic rings. The van der Waals surface area contributed by atoms with Gasteiger partial charge < -0.3 is 10.7 Å². The molecule has 0 aromatic carbocycles. The molecule has 0 atom stereocenters. The maximum absolute atomic E-state index is 12.0. The van der Waals surface area contributed by atoms with Crippen LogP contribution in [0.4, 0.5) is 5.69 Å². The lowest BCUT2D eigenvalue weighted by Crippen LogP contribution is -2.43. The van der Waals surface area contributed by atoms with E-state index in [1.54, 1.807) is 18.3 Å². The third-order valence-corrected chi connectivity index (χ3v) is 3.29. The van der Waals surface area contributed by atoms with Gasteiger partial charge in [-0.3, -0.25) is 10.6 Å². The molecular formula is C12H18N4O. The molecule has 0 saturated heterocycles. The van der Waals surface area contributed by atoms with Crippen molar-refractivity contribution in [2.24, 2.45) is 5.84 Å². The van der Waals surface area contributed by atoms with Crippen molar-refractivity contribution in [2.75, 3.05) is 5.43 Å². The number of pyridine rings is 1. The average Bonchev–Trinajstić information content (AvgIpc) is 2.76. The maximum atomic E-state index is 12.0. The number of nitrogens with one attached hydrogen (secondary N) is 2. The van der Waals surface area contributed by atoms with Crippen LogP contribution in [0.5, 0.6) is 0 Å². The first-order valence-corrected chi connectivity index (χ1v) is 5.88. The highest BCUT2D eigenvalue weighted by Gasteiger charge is 2.30. The van der Waals surface area contributed by atoms with Gasteiger partial charge >= 0.3 is 0 Å². The Kier molecular flexibility index (Phi) is 3.28. The number of hydrogen-bond donors (Lipinski definition) is 3. The molecule has 0 aliphatic heterocycles. The van der Waals surface area contributed by atoms with Gasteiger partial charge in [-0.1, -0.05) is 12.8 Å². The molecule has 0 radical (unpaired) electrons. The quantitative estimate of drug-likeness (QED) is 0.546. The summed E-state index contributed by atoms with van der Waals surface area (Å²) in [5, 5.41) is 3.06. The van der Waals surface area contributed by atoms with E-state index in [1.165, 1.54) is 12.8 Å². The molecule has 0 bridgehead atoms. The van der Waals surface area contributed by atoms with Crippen LogP contribution < -0.4 is 16.6 Å². The fourth-order valence-corrected chi connectivity index (χ4v) is 2.23. The van der Waals surface area contributed by atoms with Crippen LogP contribution in [-0.2, 0) is 0 Å². The van der Waals surface area contributed by atoms with Crippen LogP contribution in [-0.4, -0.2) is 16.4 Å². The van der Waals surface area contributed by atoms with Gasteiger partial charge in [0.15, 0.2) is 0 Å². The number of carbonyl (C=O) groups is 1. The molecule has 1 saturated carbocycles. The highest BCUT2D eigenvalue weighted by atomic mass is 16.2. The lowest BCUT2D eigenvalue weighted by Gasteiger charge is -2.24. The normalized spacial score (nSPS) is 17.8. The molecule has 0 spiro atoms. The van der Waals surface area contributed by atoms with Crippen molar-refractivity contribution >= 4 is 11.6 Å². The Balaban J connectivity index is 2.03. The summed E-state index contributed by atoms with van der Waals surface area (Å²) in [6, 6.07) is 3.40. The molecule has 2 rings (SSSR count). The summed E-state index contributed by atoms with van der Waals surface area (Å²) in [4.78, 5) is 16.0. The van der Waals surface area contributed by atoms with Crippen LogP contribution in [0.25, 0.3) is 0 Å². The number of amides is 1. The standard InChI is InChI=1S/C12H18N4O/c1-12(6-2-3-7-12)15-11(17)10-5-4-9(16-13)8-14-10/h4-5,8,16H,2-3,6-7,13H2,1H3,(H,15,17). The highest BCUT2D eigenvalue weighted by Crippen LogP contribution is 2.29. The number of anilines is 1. The number of nitrogens with zero attached hydrogens (tertiary/aromatic N) is 1. The predicted molar refractivity (Wildman–Crippen MR) is 66.4 cm³/mol. The van der Waals surface area contributed by atoms with Crippen molar-refractivity contribution in [1.29, 1.82) is 0 Å². The first kappa shape index (κ1) is 11.9. The Morgan fingerprint density at radius 1 is 1.41 bits per heavy atom. The average molecular weight is 234 g/mol. The molecule has 17 heavy (non-hydrogen) atoms. The molecule has 1 heterocycles. The summed E-state index contributed by atoms with van der Waals surface area (Å²) in [7, 11) is 0. The summed E-state index contributed by atoms with van der Waals surface area (Å²) in [5.41, 5.74) is 3.53. The summed E-state index contributed by atoms with van der Waals surface area (Å²) in [6.07, 6.45) is 5.99.